The number of benzene rings is 1. The summed E-state index contributed by atoms with van der Waals surface area (Å²) < 4.78 is 6.94. The van der Waals surface area contributed by atoms with E-state index in [1.165, 1.54) is 0 Å². The highest BCUT2D eigenvalue weighted by Gasteiger charge is 2.23. The Labute approximate surface area is 72.2 Å². The van der Waals surface area contributed by atoms with Gasteiger partial charge in [0.1, 0.15) is 5.75 Å². The van der Waals surface area contributed by atoms with Crippen LogP contribution in [0.15, 0.2) is 24.3 Å². The van der Waals surface area contributed by atoms with Gasteiger partial charge >= 0.3 is 0 Å². The minimum Gasteiger partial charge on any atom is -0.453 e. The van der Waals surface area contributed by atoms with E-state index in [-0.39, 0.29) is 14.9 Å². The first kappa shape index (κ1) is 7.56. The summed E-state index contributed by atoms with van der Waals surface area (Å²) in [6.07, 6.45) is 0. The standard InChI is InChI=1S/C8H8NO2P/c1-6(10)9-7-4-2-3-5-8(7)11-12-9/h2-5,12H,1H3. The lowest BCUT2D eigenvalue weighted by Gasteiger charge is -2.08. The monoisotopic (exact) mass is 181 g/mol. The lowest BCUT2D eigenvalue weighted by molar-refractivity contribution is -0.115. The predicted molar refractivity (Wildman–Crippen MR) is 48.5 cm³/mol. The smallest absolute Gasteiger partial charge is 0.229 e. The summed E-state index contributed by atoms with van der Waals surface area (Å²) in [6, 6.07) is 7.54. The number of fused-ring (bicyclic) bond motifs is 1. The molecule has 4 heteroatoms. The third-order valence-electron chi connectivity index (χ3n) is 1.67. The van der Waals surface area contributed by atoms with Gasteiger partial charge in [0.15, 0.2) is 8.96 Å². The van der Waals surface area contributed by atoms with Gasteiger partial charge in [-0.3, -0.25) is 9.46 Å². The molecule has 0 saturated carbocycles. The van der Waals surface area contributed by atoms with Gasteiger partial charge in [-0.1, -0.05) is 12.1 Å². The number of anilines is 1. The second kappa shape index (κ2) is 2.76. The first-order valence-corrected chi connectivity index (χ1v) is 4.47. The Kier molecular flexibility index (Phi) is 1.74. The van der Waals surface area contributed by atoms with Crippen molar-refractivity contribution in [2.45, 2.75) is 6.92 Å². The Morgan fingerprint density at radius 2 is 2.25 bits per heavy atom. The van der Waals surface area contributed by atoms with Crippen molar-refractivity contribution in [2.24, 2.45) is 0 Å². The molecule has 0 aromatic heterocycles. The molecule has 1 aromatic carbocycles. The Bertz CT molecular complexity index is 327. The molecule has 0 aliphatic carbocycles. The average Bonchev–Trinajstić information content (AvgIpc) is 2.47. The number of carbonyl (C=O) groups excluding carboxylic acids is 1. The fourth-order valence-corrected chi connectivity index (χ4v) is 1.88. The van der Waals surface area contributed by atoms with E-state index in [9.17, 15) is 4.79 Å². The number of hydrogen-bond donors (Lipinski definition) is 0. The molecule has 0 spiro atoms. The highest BCUT2D eigenvalue weighted by atomic mass is 31.1. The zero-order valence-corrected chi connectivity index (χ0v) is 7.57. The van der Waals surface area contributed by atoms with Crippen LogP contribution in [0.25, 0.3) is 0 Å². The number of amides is 1. The molecule has 1 aliphatic rings. The summed E-state index contributed by atoms with van der Waals surface area (Å²) in [5, 5.41) is 0. The quantitative estimate of drug-likeness (QED) is 0.572. The first-order valence-electron chi connectivity index (χ1n) is 3.61. The van der Waals surface area contributed by atoms with Gasteiger partial charge in [0.25, 0.3) is 0 Å². The minimum absolute atomic E-state index is 0.0262. The first-order chi connectivity index (χ1) is 5.79. The van der Waals surface area contributed by atoms with Crippen molar-refractivity contribution in [3.05, 3.63) is 24.3 Å². The van der Waals surface area contributed by atoms with Gasteiger partial charge in [0.05, 0.1) is 5.69 Å². The lowest BCUT2D eigenvalue weighted by Crippen LogP contribution is -2.15. The van der Waals surface area contributed by atoms with Crippen molar-refractivity contribution in [1.29, 1.82) is 0 Å². The molecule has 3 nitrogen and oxygen atoms in total. The lowest BCUT2D eigenvalue weighted by atomic mass is 10.3. The summed E-state index contributed by atoms with van der Waals surface area (Å²) >= 11 is 0. The molecule has 2 rings (SSSR count). The third kappa shape index (κ3) is 1.07. The molecular weight excluding hydrogens is 173 g/mol. The van der Waals surface area contributed by atoms with Gasteiger partial charge in [-0.2, -0.15) is 0 Å². The topological polar surface area (TPSA) is 29.5 Å². The summed E-state index contributed by atoms with van der Waals surface area (Å²) in [7, 11) is 0.102. The number of rotatable bonds is 0. The molecular formula is C8H8NO2P. The highest BCUT2D eigenvalue weighted by molar-refractivity contribution is 7.37. The number of nitrogens with zero attached hydrogens (tertiary/aromatic N) is 1. The molecule has 1 aliphatic heterocycles. The number of para-hydroxylation sites is 2. The van der Waals surface area contributed by atoms with Gasteiger partial charge in [0, 0.05) is 6.92 Å². The number of carbonyl (C=O) groups is 1. The van der Waals surface area contributed by atoms with Crippen LogP contribution in [0.2, 0.25) is 0 Å². The van der Waals surface area contributed by atoms with E-state index >= 15 is 0 Å². The van der Waals surface area contributed by atoms with Crippen LogP contribution in [0.1, 0.15) is 6.92 Å². The Hall–Kier alpha value is -1.08. The Morgan fingerprint density at radius 3 is 3.00 bits per heavy atom. The summed E-state index contributed by atoms with van der Waals surface area (Å²) in [5.74, 6) is 0.823. The van der Waals surface area contributed by atoms with Crippen LogP contribution in [-0.4, -0.2) is 5.91 Å². The molecule has 1 unspecified atom stereocenters. The maximum atomic E-state index is 11.1. The van der Waals surface area contributed by atoms with Crippen LogP contribution in [0.4, 0.5) is 5.69 Å². The van der Waals surface area contributed by atoms with Crippen LogP contribution in [-0.2, 0) is 4.79 Å². The van der Waals surface area contributed by atoms with Gasteiger partial charge < -0.3 is 4.52 Å². The van der Waals surface area contributed by atoms with Gasteiger partial charge in [-0.25, -0.2) is 0 Å². The molecule has 12 heavy (non-hydrogen) atoms. The molecule has 0 radical (unpaired) electrons. The van der Waals surface area contributed by atoms with Crippen LogP contribution in [0.3, 0.4) is 0 Å². The molecule has 0 saturated heterocycles. The minimum atomic E-state index is 0.0262. The average molecular weight is 181 g/mol. The molecule has 1 heterocycles. The van der Waals surface area contributed by atoms with E-state index in [1.54, 1.807) is 11.6 Å². The SMILES string of the molecule is CC(=O)N1POc2ccccc21. The molecule has 1 amide bonds. The maximum Gasteiger partial charge on any atom is 0.229 e. The molecule has 0 bridgehead atoms. The van der Waals surface area contributed by atoms with Crippen molar-refractivity contribution >= 4 is 20.6 Å². The van der Waals surface area contributed by atoms with E-state index in [0.29, 0.717) is 0 Å². The molecule has 62 valence electrons. The zero-order chi connectivity index (χ0) is 8.55. The molecule has 0 N–H and O–H groups in total. The fraction of sp³-hybridized carbons (Fsp3) is 0.125. The summed E-state index contributed by atoms with van der Waals surface area (Å²) in [5.41, 5.74) is 0.878. The van der Waals surface area contributed by atoms with Crippen molar-refractivity contribution in [1.82, 2.24) is 0 Å². The van der Waals surface area contributed by atoms with E-state index in [1.807, 2.05) is 24.3 Å². The van der Waals surface area contributed by atoms with Crippen molar-refractivity contribution in [3.8, 4) is 5.75 Å². The van der Waals surface area contributed by atoms with E-state index in [2.05, 4.69) is 0 Å². The summed E-state index contributed by atoms with van der Waals surface area (Å²) in [4.78, 5) is 11.1. The highest BCUT2D eigenvalue weighted by Crippen LogP contribution is 2.44. The van der Waals surface area contributed by atoms with E-state index < -0.39 is 0 Å². The van der Waals surface area contributed by atoms with Crippen LogP contribution in [0, 0.1) is 0 Å². The van der Waals surface area contributed by atoms with E-state index in [4.69, 9.17) is 4.52 Å². The van der Waals surface area contributed by atoms with E-state index in [0.717, 1.165) is 11.4 Å². The van der Waals surface area contributed by atoms with Crippen LogP contribution in [0.5, 0.6) is 5.75 Å². The van der Waals surface area contributed by atoms with Crippen LogP contribution < -0.4 is 9.19 Å². The fourth-order valence-electron chi connectivity index (χ4n) is 1.11. The summed E-state index contributed by atoms with van der Waals surface area (Å²) in [6.45, 7) is 1.54. The largest absolute Gasteiger partial charge is 0.453 e. The normalized spacial score (nSPS) is 15.9. The van der Waals surface area contributed by atoms with Crippen LogP contribution >= 0.6 is 8.96 Å². The Morgan fingerprint density at radius 1 is 1.50 bits per heavy atom. The number of hydrogen-bond acceptors (Lipinski definition) is 2. The molecule has 1 atom stereocenters. The predicted octanol–water partition coefficient (Wildman–Crippen LogP) is 1.94. The van der Waals surface area contributed by atoms with Crippen molar-refractivity contribution < 1.29 is 9.32 Å². The Balaban J connectivity index is 2.42. The third-order valence-corrected chi connectivity index (χ3v) is 2.72. The second-order valence-corrected chi connectivity index (χ2v) is 3.35. The maximum absolute atomic E-state index is 11.1. The van der Waals surface area contributed by atoms with Gasteiger partial charge in [-0.05, 0) is 12.1 Å². The van der Waals surface area contributed by atoms with Gasteiger partial charge in [-0.15, -0.1) is 0 Å². The van der Waals surface area contributed by atoms with Crippen molar-refractivity contribution in [3.63, 3.8) is 0 Å². The van der Waals surface area contributed by atoms with Crippen molar-refractivity contribution in [2.75, 3.05) is 4.67 Å². The molecule has 1 aromatic rings. The zero-order valence-electron chi connectivity index (χ0n) is 6.57. The van der Waals surface area contributed by atoms with Gasteiger partial charge in [0.2, 0.25) is 5.91 Å². The molecule has 0 fully saturated rings. The second-order valence-electron chi connectivity index (χ2n) is 2.52.